The molecule has 0 aliphatic rings. The third kappa shape index (κ3) is 3.17. The predicted octanol–water partition coefficient (Wildman–Crippen LogP) is 1.10. The zero-order chi connectivity index (χ0) is 16.9. The van der Waals surface area contributed by atoms with E-state index in [-0.39, 0.29) is 0 Å². The first-order valence-corrected chi connectivity index (χ1v) is 6.95. The van der Waals surface area contributed by atoms with Gasteiger partial charge in [0.2, 0.25) is 17.7 Å². The van der Waals surface area contributed by atoms with Gasteiger partial charge in [-0.2, -0.15) is 20.1 Å². The van der Waals surface area contributed by atoms with E-state index >= 15 is 0 Å². The second kappa shape index (κ2) is 6.79. The Morgan fingerprint density at radius 2 is 2.00 bits per heavy atom. The van der Waals surface area contributed by atoms with E-state index in [9.17, 15) is 0 Å². The van der Waals surface area contributed by atoms with Crippen LogP contribution in [0, 0.1) is 0 Å². The Balaban J connectivity index is 1.96. The summed E-state index contributed by atoms with van der Waals surface area (Å²) in [7, 11) is 3.05. The Morgan fingerprint density at radius 3 is 2.67 bits per heavy atom. The molecule has 124 valence electrons. The van der Waals surface area contributed by atoms with Crippen LogP contribution < -0.4 is 26.1 Å². The van der Waals surface area contributed by atoms with Gasteiger partial charge >= 0.3 is 0 Å². The molecule has 0 amide bonds. The standard InChI is InChI=1S/C14H16N8O2/c1-23-12-5-4-9(13(20-12)24-2)17-14-18-10(21-15)8-11(19-14)22-7-3-6-16-22/h3-8H,15H2,1-2H3,(H2,17,18,19,21). The van der Waals surface area contributed by atoms with Gasteiger partial charge in [-0.05, 0) is 12.1 Å². The lowest BCUT2D eigenvalue weighted by Gasteiger charge is -2.12. The van der Waals surface area contributed by atoms with Gasteiger partial charge < -0.3 is 20.2 Å². The number of pyridine rings is 1. The van der Waals surface area contributed by atoms with Crippen molar-refractivity contribution in [1.29, 1.82) is 0 Å². The molecule has 10 heteroatoms. The van der Waals surface area contributed by atoms with Gasteiger partial charge in [-0.25, -0.2) is 10.5 Å². The molecule has 0 saturated heterocycles. The van der Waals surface area contributed by atoms with Gasteiger partial charge in [0.1, 0.15) is 11.5 Å². The van der Waals surface area contributed by atoms with Crippen LogP contribution in [-0.2, 0) is 0 Å². The first-order valence-electron chi connectivity index (χ1n) is 6.95. The van der Waals surface area contributed by atoms with Gasteiger partial charge in [-0.3, -0.25) is 0 Å². The lowest BCUT2D eigenvalue weighted by atomic mass is 10.4. The summed E-state index contributed by atoms with van der Waals surface area (Å²) in [6.45, 7) is 0. The monoisotopic (exact) mass is 328 g/mol. The Bertz CT molecular complexity index is 822. The molecule has 0 aromatic carbocycles. The van der Waals surface area contributed by atoms with Crippen molar-refractivity contribution >= 4 is 17.5 Å². The largest absolute Gasteiger partial charge is 0.481 e. The summed E-state index contributed by atoms with van der Waals surface area (Å²) in [4.78, 5) is 12.9. The number of ether oxygens (including phenoxy) is 2. The maximum absolute atomic E-state index is 5.48. The fourth-order valence-electron chi connectivity index (χ4n) is 1.99. The normalized spacial score (nSPS) is 10.3. The van der Waals surface area contributed by atoms with Crippen LogP contribution in [0.5, 0.6) is 11.8 Å². The Hall–Kier alpha value is -3.40. The third-order valence-electron chi connectivity index (χ3n) is 3.08. The molecular formula is C14H16N8O2. The molecule has 0 unspecified atom stereocenters. The second-order valence-electron chi connectivity index (χ2n) is 4.57. The van der Waals surface area contributed by atoms with Gasteiger partial charge in [0.05, 0.1) is 14.2 Å². The van der Waals surface area contributed by atoms with Gasteiger partial charge in [0, 0.05) is 24.5 Å². The van der Waals surface area contributed by atoms with E-state index in [1.165, 1.54) is 14.2 Å². The van der Waals surface area contributed by atoms with Crippen molar-refractivity contribution in [2.75, 3.05) is 25.0 Å². The molecule has 3 aromatic rings. The minimum absolute atomic E-state index is 0.307. The molecule has 0 spiro atoms. The number of nitrogens with one attached hydrogen (secondary N) is 2. The first-order chi connectivity index (χ1) is 11.7. The van der Waals surface area contributed by atoms with Crippen LogP contribution in [0.15, 0.2) is 36.7 Å². The van der Waals surface area contributed by atoms with Crippen molar-refractivity contribution in [3.05, 3.63) is 36.7 Å². The minimum Gasteiger partial charge on any atom is -0.481 e. The smallest absolute Gasteiger partial charge is 0.240 e. The van der Waals surface area contributed by atoms with E-state index < -0.39 is 0 Å². The average Bonchev–Trinajstić information content (AvgIpc) is 3.16. The molecule has 0 saturated carbocycles. The molecule has 0 aliphatic heterocycles. The molecule has 3 heterocycles. The molecule has 3 rings (SSSR count). The van der Waals surface area contributed by atoms with Crippen molar-refractivity contribution in [3.63, 3.8) is 0 Å². The van der Waals surface area contributed by atoms with Crippen molar-refractivity contribution < 1.29 is 9.47 Å². The number of hydrogen-bond donors (Lipinski definition) is 3. The molecule has 0 radical (unpaired) electrons. The maximum Gasteiger partial charge on any atom is 0.240 e. The number of anilines is 3. The number of hydrazine groups is 1. The van der Waals surface area contributed by atoms with Crippen molar-refractivity contribution in [2.45, 2.75) is 0 Å². The van der Waals surface area contributed by atoms with E-state index in [1.54, 1.807) is 41.3 Å². The molecule has 24 heavy (non-hydrogen) atoms. The number of hydrogen-bond acceptors (Lipinski definition) is 9. The highest BCUT2D eigenvalue weighted by Crippen LogP contribution is 2.27. The molecular weight excluding hydrogens is 312 g/mol. The van der Waals surface area contributed by atoms with E-state index in [1.807, 2.05) is 0 Å². The lowest BCUT2D eigenvalue weighted by Crippen LogP contribution is -2.12. The number of rotatable bonds is 6. The molecule has 10 nitrogen and oxygen atoms in total. The third-order valence-corrected chi connectivity index (χ3v) is 3.08. The highest BCUT2D eigenvalue weighted by atomic mass is 16.5. The quantitative estimate of drug-likeness (QED) is 0.450. The van der Waals surface area contributed by atoms with Crippen molar-refractivity contribution in [1.82, 2.24) is 24.7 Å². The fraction of sp³-hybridized carbons (Fsp3) is 0.143. The second-order valence-corrected chi connectivity index (χ2v) is 4.57. The van der Waals surface area contributed by atoms with Gasteiger partial charge in [-0.15, -0.1) is 0 Å². The average molecular weight is 328 g/mol. The van der Waals surface area contributed by atoms with Crippen LogP contribution in [-0.4, -0.2) is 39.0 Å². The minimum atomic E-state index is 0.307. The summed E-state index contributed by atoms with van der Waals surface area (Å²) in [5.74, 6) is 7.55. The first kappa shape index (κ1) is 15.5. The van der Waals surface area contributed by atoms with E-state index in [0.717, 1.165) is 0 Å². The lowest BCUT2D eigenvalue weighted by molar-refractivity contribution is 0.366. The Labute approximate surface area is 137 Å². The van der Waals surface area contributed by atoms with E-state index in [2.05, 4.69) is 30.8 Å². The van der Waals surface area contributed by atoms with Crippen LogP contribution in [0.2, 0.25) is 0 Å². The number of nitrogens with zero attached hydrogens (tertiary/aromatic N) is 5. The summed E-state index contributed by atoms with van der Waals surface area (Å²) in [6.07, 6.45) is 3.42. The zero-order valence-electron chi connectivity index (χ0n) is 13.1. The maximum atomic E-state index is 5.48. The molecule has 0 bridgehead atoms. The van der Waals surface area contributed by atoms with Crippen molar-refractivity contribution in [2.24, 2.45) is 5.84 Å². The van der Waals surface area contributed by atoms with Crippen LogP contribution >= 0.6 is 0 Å². The zero-order valence-corrected chi connectivity index (χ0v) is 13.1. The van der Waals surface area contributed by atoms with Crippen LogP contribution in [0.4, 0.5) is 17.5 Å². The predicted molar refractivity (Wildman–Crippen MR) is 87.6 cm³/mol. The summed E-state index contributed by atoms with van der Waals surface area (Å²) in [5, 5.41) is 7.19. The van der Waals surface area contributed by atoms with Gasteiger partial charge in [-0.1, -0.05) is 0 Å². The SMILES string of the molecule is COc1ccc(Nc2nc(NN)cc(-n3cccn3)n2)c(OC)n1. The Kier molecular flexibility index (Phi) is 4.38. The molecule has 4 N–H and O–H groups in total. The number of aromatic nitrogens is 5. The number of nitrogens with two attached hydrogens (primary N) is 1. The van der Waals surface area contributed by atoms with E-state index in [4.69, 9.17) is 15.3 Å². The number of methoxy groups -OCH3 is 2. The summed E-state index contributed by atoms with van der Waals surface area (Å²) >= 11 is 0. The summed E-state index contributed by atoms with van der Waals surface area (Å²) < 4.78 is 11.9. The topological polar surface area (TPSA) is 125 Å². The van der Waals surface area contributed by atoms with Crippen LogP contribution in [0.3, 0.4) is 0 Å². The molecule has 0 aliphatic carbocycles. The highest BCUT2D eigenvalue weighted by molar-refractivity contribution is 5.62. The number of nitrogen functional groups attached to an aromatic ring is 1. The molecule has 3 aromatic heterocycles. The van der Waals surface area contributed by atoms with Gasteiger partial charge in [0.25, 0.3) is 0 Å². The van der Waals surface area contributed by atoms with Crippen LogP contribution in [0.1, 0.15) is 0 Å². The molecule has 0 atom stereocenters. The summed E-state index contributed by atoms with van der Waals surface area (Å²) in [5.41, 5.74) is 3.09. The van der Waals surface area contributed by atoms with E-state index in [0.29, 0.717) is 35.0 Å². The molecule has 0 fully saturated rings. The van der Waals surface area contributed by atoms with Crippen molar-refractivity contribution in [3.8, 4) is 17.6 Å². The van der Waals surface area contributed by atoms with Gasteiger partial charge in [0.15, 0.2) is 5.82 Å². The highest BCUT2D eigenvalue weighted by Gasteiger charge is 2.11. The fourth-order valence-corrected chi connectivity index (χ4v) is 1.99. The summed E-state index contributed by atoms with van der Waals surface area (Å²) in [6, 6.07) is 6.91. The van der Waals surface area contributed by atoms with Crippen LogP contribution in [0.25, 0.3) is 5.82 Å². The Morgan fingerprint density at radius 1 is 1.12 bits per heavy atom.